The maximum Gasteiger partial charge on any atom is 0.135 e. The monoisotopic (exact) mass is 259 g/mol. The molecule has 1 fully saturated rings. The van der Waals surface area contributed by atoms with Gasteiger partial charge < -0.3 is 15.2 Å². The fourth-order valence-electron chi connectivity index (χ4n) is 2.22. The maximum absolute atomic E-state index is 5.91. The largest absolute Gasteiger partial charge is 0.490 e. The zero-order valence-electron chi connectivity index (χ0n) is 11.6. The minimum atomic E-state index is -0.0209. The Morgan fingerprint density at radius 3 is 2.89 bits per heavy atom. The third-order valence-electron chi connectivity index (χ3n) is 3.19. The Kier molecular flexibility index (Phi) is 4.47. The predicted octanol–water partition coefficient (Wildman–Crippen LogP) is 2.33. The van der Waals surface area contributed by atoms with Crippen LogP contribution in [0, 0.1) is 11.8 Å². The number of hydrogen-bond acceptors (Lipinski definition) is 3. The number of para-hydroxylation sites is 1. The van der Waals surface area contributed by atoms with Gasteiger partial charge in [-0.1, -0.05) is 24.0 Å². The van der Waals surface area contributed by atoms with Crippen molar-refractivity contribution in [1.29, 1.82) is 0 Å². The first-order valence-corrected chi connectivity index (χ1v) is 6.69. The van der Waals surface area contributed by atoms with Crippen LogP contribution in [-0.2, 0) is 4.74 Å². The van der Waals surface area contributed by atoms with Crippen molar-refractivity contribution < 1.29 is 9.47 Å². The molecular weight excluding hydrogens is 238 g/mol. The van der Waals surface area contributed by atoms with E-state index in [4.69, 9.17) is 15.2 Å². The molecule has 0 spiro atoms. The fourth-order valence-corrected chi connectivity index (χ4v) is 2.22. The summed E-state index contributed by atoms with van der Waals surface area (Å²) in [6, 6.07) is 7.77. The van der Waals surface area contributed by atoms with Crippen molar-refractivity contribution in [3.05, 3.63) is 29.8 Å². The molecule has 2 rings (SSSR count). The number of rotatable bonds is 3. The molecule has 1 aromatic rings. The van der Waals surface area contributed by atoms with Gasteiger partial charge in [0.25, 0.3) is 0 Å². The summed E-state index contributed by atoms with van der Waals surface area (Å²) >= 11 is 0. The molecule has 1 aromatic carbocycles. The molecule has 1 unspecified atom stereocenters. The van der Waals surface area contributed by atoms with Gasteiger partial charge in [-0.3, -0.25) is 0 Å². The highest BCUT2D eigenvalue weighted by molar-refractivity contribution is 5.45. The molecule has 1 saturated heterocycles. The van der Waals surface area contributed by atoms with Crippen LogP contribution in [0.1, 0.15) is 32.3 Å². The second-order valence-corrected chi connectivity index (χ2v) is 5.35. The lowest BCUT2D eigenvalue weighted by atomic mass is 10.1. The second-order valence-electron chi connectivity index (χ2n) is 5.35. The Labute approximate surface area is 115 Å². The molecule has 3 nitrogen and oxygen atoms in total. The van der Waals surface area contributed by atoms with Gasteiger partial charge in [-0.25, -0.2) is 0 Å². The third kappa shape index (κ3) is 3.99. The van der Waals surface area contributed by atoms with Gasteiger partial charge in [0, 0.05) is 0 Å². The predicted molar refractivity (Wildman–Crippen MR) is 76.1 cm³/mol. The van der Waals surface area contributed by atoms with Crippen molar-refractivity contribution in [3.8, 4) is 17.6 Å². The molecular formula is C16H21NO2. The van der Waals surface area contributed by atoms with Crippen LogP contribution < -0.4 is 10.5 Å². The summed E-state index contributed by atoms with van der Waals surface area (Å²) in [6.45, 7) is 5.17. The quantitative estimate of drug-likeness (QED) is 0.847. The van der Waals surface area contributed by atoms with Crippen LogP contribution in [0.5, 0.6) is 5.75 Å². The Bertz CT molecular complexity index is 485. The molecule has 0 radical (unpaired) electrons. The van der Waals surface area contributed by atoms with Crippen LogP contribution in [0.15, 0.2) is 24.3 Å². The van der Waals surface area contributed by atoms with Crippen LogP contribution in [0.2, 0.25) is 0 Å². The molecule has 0 saturated carbocycles. The Morgan fingerprint density at radius 2 is 2.21 bits per heavy atom. The number of hydrogen-bond donors (Lipinski definition) is 1. The first kappa shape index (κ1) is 13.9. The van der Waals surface area contributed by atoms with Gasteiger partial charge in [0.2, 0.25) is 0 Å². The van der Waals surface area contributed by atoms with Gasteiger partial charge in [-0.2, -0.15) is 0 Å². The lowest BCUT2D eigenvalue weighted by Gasteiger charge is -2.19. The van der Waals surface area contributed by atoms with Crippen molar-refractivity contribution in [2.24, 2.45) is 5.73 Å². The number of benzene rings is 1. The summed E-state index contributed by atoms with van der Waals surface area (Å²) in [7, 11) is 0. The van der Waals surface area contributed by atoms with Gasteiger partial charge in [0.15, 0.2) is 0 Å². The van der Waals surface area contributed by atoms with E-state index in [1.165, 1.54) is 0 Å². The highest BCUT2D eigenvalue weighted by Crippen LogP contribution is 2.30. The molecule has 2 N–H and O–H groups in total. The lowest BCUT2D eigenvalue weighted by molar-refractivity contribution is -0.0326. The van der Waals surface area contributed by atoms with Crippen molar-refractivity contribution in [1.82, 2.24) is 0 Å². The van der Waals surface area contributed by atoms with Gasteiger partial charge in [-0.05, 0) is 38.8 Å². The van der Waals surface area contributed by atoms with Gasteiger partial charge in [-0.15, -0.1) is 0 Å². The molecule has 1 heterocycles. The molecule has 3 heteroatoms. The van der Waals surface area contributed by atoms with E-state index in [-0.39, 0.29) is 11.7 Å². The van der Waals surface area contributed by atoms with Crippen molar-refractivity contribution in [3.63, 3.8) is 0 Å². The summed E-state index contributed by atoms with van der Waals surface area (Å²) in [5, 5.41) is 0. The smallest absolute Gasteiger partial charge is 0.135 e. The average molecular weight is 259 g/mol. The summed E-state index contributed by atoms with van der Waals surface area (Å²) in [5.74, 6) is 6.68. The molecule has 0 bridgehead atoms. The van der Waals surface area contributed by atoms with E-state index in [2.05, 4.69) is 25.7 Å². The molecule has 0 aromatic heterocycles. The first-order valence-electron chi connectivity index (χ1n) is 6.69. The van der Waals surface area contributed by atoms with E-state index in [0.717, 1.165) is 24.2 Å². The average Bonchev–Trinajstić information content (AvgIpc) is 2.74. The first-order chi connectivity index (χ1) is 9.11. The summed E-state index contributed by atoms with van der Waals surface area (Å²) in [5.41, 5.74) is 6.25. The van der Waals surface area contributed by atoms with Crippen LogP contribution in [0.3, 0.4) is 0 Å². The number of nitrogens with two attached hydrogens (primary N) is 1. The molecule has 1 aliphatic rings. The zero-order chi connectivity index (χ0) is 13.7. The maximum atomic E-state index is 5.91. The number of ether oxygens (including phenoxy) is 2. The van der Waals surface area contributed by atoms with Crippen molar-refractivity contribution >= 4 is 0 Å². The Balaban J connectivity index is 1.96. The minimum absolute atomic E-state index is 0.0209. The molecule has 19 heavy (non-hydrogen) atoms. The van der Waals surface area contributed by atoms with Crippen molar-refractivity contribution in [2.75, 3.05) is 13.2 Å². The van der Waals surface area contributed by atoms with Crippen LogP contribution in [0.25, 0.3) is 0 Å². The van der Waals surface area contributed by atoms with Gasteiger partial charge >= 0.3 is 0 Å². The van der Waals surface area contributed by atoms with E-state index in [1.54, 1.807) is 0 Å². The van der Waals surface area contributed by atoms with E-state index in [0.29, 0.717) is 13.2 Å². The topological polar surface area (TPSA) is 44.5 Å². The van der Waals surface area contributed by atoms with Gasteiger partial charge in [0.1, 0.15) is 12.4 Å². The molecule has 0 amide bonds. The third-order valence-corrected chi connectivity index (χ3v) is 3.19. The highest BCUT2D eigenvalue weighted by atomic mass is 16.6. The Hall–Kier alpha value is -1.50. The zero-order valence-corrected chi connectivity index (χ0v) is 11.6. The fraction of sp³-hybridized carbons (Fsp3) is 0.500. The van der Waals surface area contributed by atoms with Gasteiger partial charge in [0.05, 0.1) is 23.8 Å². The second kappa shape index (κ2) is 6.10. The normalized spacial score (nSPS) is 20.7. The summed E-state index contributed by atoms with van der Waals surface area (Å²) in [4.78, 5) is 0. The molecule has 0 aliphatic carbocycles. The Morgan fingerprint density at radius 1 is 1.42 bits per heavy atom. The van der Waals surface area contributed by atoms with E-state index in [9.17, 15) is 0 Å². The SMILES string of the molecule is CC1(C)CCC(COc2ccccc2C#CCN)O1. The van der Waals surface area contributed by atoms with E-state index >= 15 is 0 Å². The van der Waals surface area contributed by atoms with Crippen LogP contribution in [-0.4, -0.2) is 24.9 Å². The van der Waals surface area contributed by atoms with Crippen molar-refractivity contribution in [2.45, 2.75) is 38.4 Å². The standard InChI is InChI=1S/C16H21NO2/c1-16(2)10-9-14(19-16)12-18-15-8-4-3-6-13(15)7-5-11-17/h3-4,6,8,14H,9-12,17H2,1-2H3. The van der Waals surface area contributed by atoms with E-state index in [1.807, 2.05) is 24.3 Å². The molecule has 102 valence electrons. The lowest BCUT2D eigenvalue weighted by Crippen LogP contribution is -2.24. The molecule has 1 atom stereocenters. The minimum Gasteiger partial charge on any atom is -0.490 e. The summed E-state index contributed by atoms with van der Waals surface area (Å²) in [6.07, 6.45) is 2.30. The highest BCUT2D eigenvalue weighted by Gasteiger charge is 2.31. The van der Waals surface area contributed by atoms with Crippen LogP contribution in [0.4, 0.5) is 0 Å². The summed E-state index contributed by atoms with van der Waals surface area (Å²) < 4.78 is 11.8. The van der Waals surface area contributed by atoms with E-state index < -0.39 is 0 Å². The molecule has 1 aliphatic heterocycles. The van der Waals surface area contributed by atoms with Crippen LogP contribution >= 0.6 is 0 Å².